The Balaban J connectivity index is 1.39. The molecule has 0 spiro atoms. The Labute approximate surface area is 182 Å². The van der Waals surface area contributed by atoms with E-state index in [1.165, 1.54) is 0 Å². The highest BCUT2D eigenvalue weighted by Gasteiger charge is 2.19. The summed E-state index contributed by atoms with van der Waals surface area (Å²) in [5.74, 6) is -0.179. The van der Waals surface area contributed by atoms with Crippen molar-refractivity contribution in [2.45, 2.75) is 25.3 Å². The smallest absolute Gasteiger partial charge is 0.251 e. The monoisotopic (exact) mass is 417 g/mol. The van der Waals surface area contributed by atoms with E-state index in [1.54, 1.807) is 23.1 Å². The second-order valence-corrected chi connectivity index (χ2v) is 8.01. The number of likely N-dealkylation sites (tertiary alicyclic amines) is 1. The van der Waals surface area contributed by atoms with Gasteiger partial charge in [-0.2, -0.15) is 5.10 Å². The van der Waals surface area contributed by atoms with E-state index in [9.17, 15) is 9.59 Å². The van der Waals surface area contributed by atoms with Crippen LogP contribution in [0.2, 0.25) is 0 Å². The maximum absolute atomic E-state index is 12.7. The molecule has 1 unspecified atom stereocenters. The second-order valence-electron chi connectivity index (χ2n) is 8.01. The minimum Gasteiger partial charge on any atom is -0.348 e. The van der Waals surface area contributed by atoms with Crippen LogP contribution >= 0.6 is 0 Å². The lowest BCUT2D eigenvalue weighted by molar-refractivity contribution is -0.115. The fraction of sp³-hybridized carbons (Fsp3) is 0.292. The number of hydrogen-bond acceptors (Lipinski definition) is 4. The topological polar surface area (TPSA) is 79.3 Å². The van der Waals surface area contributed by atoms with Gasteiger partial charge in [-0.05, 0) is 50.2 Å². The molecule has 2 N–H and O–H groups in total. The van der Waals surface area contributed by atoms with Crippen LogP contribution in [0.4, 0.5) is 5.69 Å². The predicted molar refractivity (Wildman–Crippen MR) is 120 cm³/mol. The molecule has 4 rings (SSSR count). The van der Waals surface area contributed by atoms with Crippen LogP contribution in [0.15, 0.2) is 67.0 Å². The summed E-state index contributed by atoms with van der Waals surface area (Å²) in [5.41, 5.74) is 2.92. The molecule has 1 fully saturated rings. The molecule has 0 aliphatic carbocycles. The van der Waals surface area contributed by atoms with Gasteiger partial charge in [0.15, 0.2) is 0 Å². The van der Waals surface area contributed by atoms with Crippen molar-refractivity contribution in [1.29, 1.82) is 0 Å². The zero-order valence-electron chi connectivity index (χ0n) is 17.6. The summed E-state index contributed by atoms with van der Waals surface area (Å²) < 4.78 is 1.66. The molecule has 7 nitrogen and oxygen atoms in total. The van der Waals surface area contributed by atoms with Crippen LogP contribution in [0.3, 0.4) is 0 Å². The number of aromatic nitrogens is 2. The predicted octanol–water partition coefficient (Wildman–Crippen LogP) is 2.88. The Kier molecular flexibility index (Phi) is 6.43. The lowest BCUT2D eigenvalue weighted by Gasteiger charge is -2.30. The first-order chi connectivity index (χ1) is 15.1. The molecular formula is C24H27N5O2. The van der Waals surface area contributed by atoms with Crippen LogP contribution in [0, 0.1) is 0 Å². The third-order valence-electron chi connectivity index (χ3n) is 5.41. The molecule has 31 heavy (non-hydrogen) atoms. The molecule has 7 heteroatoms. The summed E-state index contributed by atoms with van der Waals surface area (Å²) in [6, 6.07) is 17.1. The summed E-state index contributed by atoms with van der Waals surface area (Å²) in [5, 5.41) is 10.3. The molecule has 2 heterocycles. The molecule has 0 bridgehead atoms. The minimum absolute atomic E-state index is 0.0781. The van der Waals surface area contributed by atoms with Crippen LogP contribution in [-0.4, -0.2) is 52.7 Å². The van der Waals surface area contributed by atoms with E-state index in [2.05, 4.69) is 27.7 Å². The van der Waals surface area contributed by atoms with Crippen LogP contribution < -0.4 is 10.6 Å². The number of nitrogens with one attached hydrogen (secondary N) is 2. The van der Waals surface area contributed by atoms with Crippen molar-refractivity contribution < 1.29 is 9.59 Å². The SMILES string of the molecule is CN1CCCC(NC(=O)c2cccc(-n3cc(NC(=O)Cc4ccccc4)cn3)c2)C1. The molecule has 2 amide bonds. The van der Waals surface area contributed by atoms with E-state index >= 15 is 0 Å². The Bertz CT molecular complexity index is 1050. The van der Waals surface area contributed by atoms with Crippen molar-refractivity contribution in [2.75, 3.05) is 25.5 Å². The molecule has 1 aromatic heterocycles. The molecule has 3 aromatic rings. The van der Waals surface area contributed by atoms with E-state index in [0.717, 1.165) is 37.2 Å². The largest absolute Gasteiger partial charge is 0.348 e. The number of nitrogens with zero attached hydrogens (tertiary/aromatic N) is 3. The van der Waals surface area contributed by atoms with E-state index < -0.39 is 0 Å². The summed E-state index contributed by atoms with van der Waals surface area (Å²) in [7, 11) is 2.08. The van der Waals surface area contributed by atoms with Gasteiger partial charge in [-0.3, -0.25) is 9.59 Å². The van der Waals surface area contributed by atoms with E-state index in [1.807, 2.05) is 48.5 Å². The Morgan fingerprint density at radius 2 is 1.97 bits per heavy atom. The molecule has 1 saturated heterocycles. The van der Waals surface area contributed by atoms with Crippen molar-refractivity contribution in [3.63, 3.8) is 0 Å². The van der Waals surface area contributed by atoms with E-state index in [0.29, 0.717) is 17.7 Å². The quantitative estimate of drug-likeness (QED) is 0.646. The highest BCUT2D eigenvalue weighted by atomic mass is 16.2. The van der Waals surface area contributed by atoms with E-state index in [-0.39, 0.29) is 17.9 Å². The van der Waals surface area contributed by atoms with Gasteiger partial charge in [-0.25, -0.2) is 4.68 Å². The standard InChI is InChI=1S/C24H27N5O2/c1-28-12-6-10-20(16-28)27-24(31)19-9-5-11-22(14-19)29-17-21(15-25-29)26-23(30)13-18-7-3-2-4-8-18/h2-5,7-9,11,14-15,17,20H,6,10,12-13,16H2,1H3,(H,26,30)(H,27,31). The van der Waals surface area contributed by atoms with Gasteiger partial charge >= 0.3 is 0 Å². The summed E-state index contributed by atoms with van der Waals surface area (Å²) in [6.07, 6.45) is 5.75. The zero-order valence-corrected chi connectivity index (χ0v) is 17.6. The number of rotatable bonds is 6. The maximum atomic E-state index is 12.7. The van der Waals surface area contributed by atoms with Gasteiger partial charge in [-0.15, -0.1) is 0 Å². The zero-order chi connectivity index (χ0) is 21.6. The van der Waals surface area contributed by atoms with Gasteiger partial charge in [0, 0.05) is 18.2 Å². The second kappa shape index (κ2) is 9.57. The average molecular weight is 418 g/mol. The minimum atomic E-state index is -0.101. The van der Waals surface area contributed by atoms with Gasteiger partial charge in [0.2, 0.25) is 5.91 Å². The summed E-state index contributed by atoms with van der Waals surface area (Å²) in [6.45, 7) is 1.95. The van der Waals surface area contributed by atoms with Crippen molar-refractivity contribution in [1.82, 2.24) is 20.0 Å². The van der Waals surface area contributed by atoms with Crippen LogP contribution in [0.1, 0.15) is 28.8 Å². The van der Waals surface area contributed by atoms with Crippen molar-refractivity contribution in [3.05, 3.63) is 78.1 Å². The number of anilines is 1. The number of benzene rings is 2. The molecular weight excluding hydrogens is 390 g/mol. The number of carbonyl (C=O) groups excluding carboxylic acids is 2. The summed E-state index contributed by atoms with van der Waals surface area (Å²) in [4.78, 5) is 27.2. The fourth-order valence-corrected chi connectivity index (χ4v) is 3.86. The van der Waals surface area contributed by atoms with Crippen molar-refractivity contribution in [2.24, 2.45) is 0 Å². The molecule has 0 radical (unpaired) electrons. The molecule has 160 valence electrons. The molecule has 1 aliphatic rings. The number of likely N-dealkylation sites (N-methyl/N-ethyl adjacent to an activating group) is 1. The third-order valence-corrected chi connectivity index (χ3v) is 5.41. The number of piperidine rings is 1. The molecule has 1 atom stereocenters. The number of carbonyl (C=O) groups is 2. The Morgan fingerprint density at radius 1 is 1.13 bits per heavy atom. The lowest BCUT2D eigenvalue weighted by Crippen LogP contribution is -2.46. The molecule has 0 saturated carbocycles. The van der Waals surface area contributed by atoms with Crippen molar-refractivity contribution in [3.8, 4) is 5.69 Å². The fourth-order valence-electron chi connectivity index (χ4n) is 3.86. The van der Waals surface area contributed by atoms with Crippen LogP contribution in [0.5, 0.6) is 0 Å². The highest BCUT2D eigenvalue weighted by molar-refractivity contribution is 5.95. The van der Waals surface area contributed by atoms with Crippen LogP contribution in [0.25, 0.3) is 5.69 Å². The first kappa shape index (κ1) is 20.8. The summed E-state index contributed by atoms with van der Waals surface area (Å²) >= 11 is 0. The molecule has 2 aromatic carbocycles. The molecule has 1 aliphatic heterocycles. The normalized spacial score (nSPS) is 16.6. The highest BCUT2D eigenvalue weighted by Crippen LogP contribution is 2.15. The van der Waals surface area contributed by atoms with Gasteiger partial charge in [0.25, 0.3) is 5.91 Å². The van der Waals surface area contributed by atoms with Crippen molar-refractivity contribution >= 4 is 17.5 Å². The van der Waals surface area contributed by atoms with Crippen LogP contribution in [-0.2, 0) is 11.2 Å². The Morgan fingerprint density at radius 3 is 2.77 bits per heavy atom. The van der Waals surface area contributed by atoms with Gasteiger partial charge in [0.05, 0.1) is 30.2 Å². The number of amides is 2. The average Bonchev–Trinajstić information content (AvgIpc) is 3.23. The first-order valence-electron chi connectivity index (χ1n) is 10.5. The maximum Gasteiger partial charge on any atom is 0.251 e. The Hall–Kier alpha value is -3.45. The van der Waals surface area contributed by atoms with Gasteiger partial charge < -0.3 is 15.5 Å². The number of hydrogen-bond donors (Lipinski definition) is 2. The first-order valence-corrected chi connectivity index (χ1v) is 10.5. The van der Waals surface area contributed by atoms with Gasteiger partial charge in [0.1, 0.15) is 0 Å². The van der Waals surface area contributed by atoms with Gasteiger partial charge in [-0.1, -0.05) is 36.4 Å². The van der Waals surface area contributed by atoms with E-state index in [4.69, 9.17) is 0 Å². The lowest BCUT2D eigenvalue weighted by atomic mass is 10.1. The third kappa shape index (κ3) is 5.58.